The van der Waals surface area contributed by atoms with E-state index in [1.54, 1.807) is 0 Å². The molecule has 1 amide bonds. The molecule has 0 heterocycles. The maximum Gasteiger partial charge on any atom is 0.251 e. The summed E-state index contributed by atoms with van der Waals surface area (Å²) in [5.41, 5.74) is 2.93. The Balaban J connectivity index is 1.90. The number of nitrogens with one attached hydrogen (secondary N) is 2. The smallest absolute Gasteiger partial charge is 0.251 e. The lowest BCUT2D eigenvalue weighted by molar-refractivity contribution is 0.0943. The normalized spacial score (nSPS) is 16.1. The van der Waals surface area contributed by atoms with Crippen LogP contribution < -0.4 is 10.6 Å². The SMILES string of the molecule is CNc1ccc(C(=O)NCC2CCCCC2)cc1C. The van der Waals surface area contributed by atoms with Crippen molar-refractivity contribution in [2.24, 2.45) is 5.92 Å². The molecule has 0 bridgehead atoms. The van der Waals surface area contributed by atoms with Crippen molar-refractivity contribution in [2.75, 3.05) is 18.9 Å². The molecule has 104 valence electrons. The highest BCUT2D eigenvalue weighted by Gasteiger charge is 2.15. The molecule has 19 heavy (non-hydrogen) atoms. The van der Waals surface area contributed by atoms with Gasteiger partial charge in [-0.1, -0.05) is 19.3 Å². The van der Waals surface area contributed by atoms with E-state index < -0.39 is 0 Å². The average Bonchev–Trinajstić information content (AvgIpc) is 2.45. The molecule has 1 aliphatic carbocycles. The molecule has 0 saturated heterocycles. The largest absolute Gasteiger partial charge is 0.388 e. The van der Waals surface area contributed by atoms with Gasteiger partial charge in [0, 0.05) is 24.8 Å². The van der Waals surface area contributed by atoms with Gasteiger partial charge in [0.25, 0.3) is 5.91 Å². The van der Waals surface area contributed by atoms with Gasteiger partial charge >= 0.3 is 0 Å². The van der Waals surface area contributed by atoms with Gasteiger partial charge in [0.1, 0.15) is 0 Å². The van der Waals surface area contributed by atoms with E-state index >= 15 is 0 Å². The molecule has 1 fully saturated rings. The second-order valence-corrected chi connectivity index (χ2v) is 5.49. The molecule has 0 radical (unpaired) electrons. The van der Waals surface area contributed by atoms with Crippen LogP contribution in [-0.2, 0) is 0 Å². The Morgan fingerprint density at radius 3 is 2.63 bits per heavy atom. The maximum absolute atomic E-state index is 12.1. The van der Waals surface area contributed by atoms with Crippen molar-refractivity contribution in [1.82, 2.24) is 5.32 Å². The highest BCUT2D eigenvalue weighted by atomic mass is 16.1. The first kappa shape index (κ1) is 13.9. The van der Waals surface area contributed by atoms with Crippen LogP contribution in [0.15, 0.2) is 18.2 Å². The minimum Gasteiger partial charge on any atom is -0.388 e. The van der Waals surface area contributed by atoms with Crippen molar-refractivity contribution in [1.29, 1.82) is 0 Å². The second-order valence-electron chi connectivity index (χ2n) is 5.49. The van der Waals surface area contributed by atoms with Gasteiger partial charge in [-0.25, -0.2) is 0 Å². The Kier molecular flexibility index (Phi) is 4.83. The zero-order chi connectivity index (χ0) is 13.7. The highest BCUT2D eigenvalue weighted by Crippen LogP contribution is 2.23. The van der Waals surface area contributed by atoms with Crippen molar-refractivity contribution in [3.05, 3.63) is 29.3 Å². The molecule has 0 aromatic heterocycles. The third-order valence-electron chi connectivity index (χ3n) is 4.03. The first-order chi connectivity index (χ1) is 9.20. The Labute approximate surface area is 115 Å². The first-order valence-corrected chi connectivity index (χ1v) is 7.27. The Morgan fingerprint density at radius 1 is 1.26 bits per heavy atom. The fourth-order valence-electron chi connectivity index (χ4n) is 2.82. The summed E-state index contributed by atoms with van der Waals surface area (Å²) in [7, 11) is 1.89. The quantitative estimate of drug-likeness (QED) is 0.871. The fraction of sp³-hybridized carbons (Fsp3) is 0.562. The lowest BCUT2D eigenvalue weighted by atomic mass is 9.89. The zero-order valence-electron chi connectivity index (χ0n) is 12.0. The van der Waals surface area contributed by atoms with Crippen LogP contribution >= 0.6 is 0 Å². The molecule has 2 rings (SSSR count). The van der Waals surface area contributed by atoms with Gasteiger partial charge in [0.2, 0.25) is 0 Å². The van der Waals surface area contributed by atoms with Gasteiger partial charge in [-0.2, -0.15) is 0 Å². The van der Waals surface area contributed by atoms with Crippen molar-refractivity contribution >= 4 is 11.6 Å². The molecule has 2 N–H and O–H groups in total. The van der Waals surface area contributed by atoms with Gasteiger partial charge in [-0.05, 0) is 49.4 Å². The van der Waals surface area contributed by atoms with Crippen LogP contribution in [0.5, 0.6) is 0 Å². The van der Waals surface area contributed by atoms with Crippen LogP contribution in [0, 0.1) is 12.8 Å². The van der Waals surface area contributed by atoms with Gasteiger partial charge in [-0.3, -0.25) is 4.79 Å². The number of carbonyl (C=O) groups is 1. The van der Waals surface area contributed by atoms with E-state index in [0.717, 1.165) is 23.4 Å². The molecule has 1 aliphatic rings. The second kappa shape index (κ2) is 6.60. The fourth-order valence-corrected chi connectivity index (χ4v) is 2.82. The third-order valence-corrected chi connectivity index (χ3v) is 4.03. The number of anilines is 1. The summed E-state index contributed by atoms with van der Waals surface area (Å²) in [6.07, 6.45) is 6.51. The summed E-state index contributed by atoms with van der Waals surface area (Å²) < 4.78 is 0. The molecule has 3 nitrogen and oxygen atoms in total. The zero-order valence-corrected chi connectivity index (χ0v) is 12.0. The van der Waals surface area contributed by atoms with Crippen LogP contribution in [-0.4, -0.2) is 19.5 Å². The number of amides is 1. The molecule has 0 spiro atoms. The topological polar surface area (TPSA) is 41.1 Å². The Hall–Kier alpha value is -1.51. The summed E-state index contributed by atoms with van der Waals surface area (Å²) in [5, 5.41) is 6.19. The van der Waals surface area contributed by atoms with Crippen molar-refractivity contribution < 1.29 is 4.79 Å². The Bertz CT molecular complexity index is 436. The van der Waals surface area contributed by atoms with Crippen molar-refractivity contribution in [2.45, 2.75) is 39.0 Å². The van der Waals surface area contributed by atoms with Gasteiger partial charge in [0.15, 0.2) is 0 Å². The summed E-state index contributed by atoms with van der Waals surface area (Å²) in [5.74, 6) is 0.728. The third kappa shape index (κ3) is 3.72. The van der Waals surface area contributed by atoms with E-state index in [1.807, 2.05) is 32.2 Å². The van der Waals surface area contributed by atoms with Crippen molar-refractivity contribution in [3.63, 3.8) is 0 Å². The van der Waals surface area contributed by atoms with Gasteiger partial charge < -0.3 is 10.6 Å². The molecule has 3 heteroatoms. The number of hydrogen-bond donors (Lipinski definition) is 2. The lowest BCUT2D eigenvalue weighted by Gasteiger charge is -2.21. The average molecular weight is 260 g/mol. The molecular weight excluding hydrogens is 236 g/mol. The highest BCUT2D eigenvalue weighted by molar-refractivity contribution is 5.94. The number of carbonyl (C=O) groups excluding carboxylic acids is 1. The van der Waals surface area contributed by atoms with Crippen LogP contribution in [0.1, 0.15) is 48.0 Å². The van der Waals surface area contributed by atoms with Crippen LogP contribution in [0.2, 0.25) is 0 Å². The monoisotopic (exact) mass is 260 g/mol. The number of benzene rings is 1. The summed E-state index contributed by atoms with van der Waals surface area (Å²) in [6.45, 7) is 2.84. The van der Waals surface area contributed by atoms with Gasteiger partial charge in [0.05, 0.1) is 0 Å². The van der Waals surface area contributed by atoms with Crippen molar-refractivity contribution in [3.8, 4) is 0 Å². The summed E-state index contributed by atoms with van der Waals surface area (Å²) in [4.78, 5) is 12.1. The van der Waals surface area contributed by atoms with E-state index in [-0.39, 0.29) is 5.91 Å². The number of aryl methyl sites for hydroxylation is 1. The molecule has 0 aliphatic heterocycles. The summed E-state index contributed by atoms with van der Waals surface area (Å²) >= 11 is 0. The van der Waals surface area contributed by atoms with Gasteiger partial charge in [-0.15, -0.1) is 0 Å². The van der Waals surface area contributed by atoms with Crippen LogP contribution in [0.25, 0.3) is 0 Å². The Morgan fingerprint density at radius 2 is 2.00 bits per heavy atom. The number of rotatable bonds is 4. The molecule has 1 aromatic rings. The van der Waals surface area contributed by atoms with E-state index in [4.69, 9.17) is 0 Å². The first-order valence-electron chi connectivity index (χ1n) is 7.27. The van der Waals surface area contributed by atoms with E-state index in [0.29, 0.717) is 5.92 Å². The van der Waals surface area contributed by atoms with E-state index in [2.05, 4.69) is 10.6 Å². The van der Waals surface area contributed by atoms with E-state index in [9.17, 15) is 4.79 Å². The number of hydrogen-bond acceptors (Lipinski definition) is 2. The molecular formula is C16H24N2O. The minimum atomic E-state index is 0.0522. The predicted octanol–water partition coefficient (Wildman–Crippen LogP) is 3.35. The predicted molar refractivity (Wildman–Crippen MR) is 79.6 cm³/mol. The lowest BCUT2D eigenvalue weighted by Crippen LogP contribution is -2.30. The molecule has 1 aromatic carbocycles. The minimum absolute atomic E-state index is 0.0522. The van der Waals surface area contributed by atoms with Crippen LogP contribution in [0.4, 0.5) is 5.69 Å². The molecule has 0 unspecified atom stereocenters. The molecule has 0 atom stereocenters. The maximum atomic E-state index is 12.1. The standard InChI is InChI=1S/C16H24N2O/c1-12-10-14(8-9-15(12)17-2)16(19)18-11-13-6-4-3-5-7-13/h8-10,13,17H,3-7,11H2,1-2H3,(H,18,19). The molecule has 1 saturated carbocycles. The van der Waals surface area contributed by atoms with Crippen LogP contribution in [0.3, 0.4) is 0 Å². The van der Waals surface area contributed by atoms with E-state index in [1.165, 1.54) is 32.1 Å². The summed E-state index contributed by atoms with van der Waals surface area (Å²) in [6, 6.07) is 5.79.